The number of nitrogens with zero attached hydrogens (tertiary/aromatic N) is 3. The Hall–Kier alpha value is -1.99. The monoisotopic (exact) mass is 332 g/mol. The van der Waals surface area contributed by atoms with Gasteiger partial charge in [-0.05, 0) is 38.3 Å². The summed E-state index contributed by atoms with van der Waals surface area (Å²) in [7, 11) is 0. The van der Waals surface area contributed by atoms with Crippen molar-refractivity contribution in [2.45, 2.75) is 13.8 Å². The van der Waals surface area contributed by atoms with Crippen LogP contribution < -0.4 is 5.32 Å². The average molecular weight is 332 g/mol. The number of carbonyl (C=O) groups excluding carboxylic acids is 1. The number of aromatic nitrogens is 2. The smallest absolute Gasteiger partial charge is 0.188 e. The molecule has 0 aliphatic carbocycles. The molecule has 2 heterocycles. The number of allylic oxidation sites excluding steroid dienone is 1. The number of aldehydes is 1. The first-order chi connectivity index (χ1) is 10.6. The summed E-state index contributed by atoms with van der Waals surface area (Å²) in [5, 5.41) is 6.83. The van der Waals surface area contributed by atoms with Gasteiger partial charge in [-0.1, -0.05) is 0 Å². The van der Waals surface area contributed by atoms with Crippen molar-refractivity contribution >= 4 is 51.5 Å². The Balaban J connectivity index is 2.07. The van der Waals surface area contributed by atoms with E-state index in [1.807, 2.05) is 31.6 Å². The normalized spacial score (nSPS) is 12.3. The van der Waals surface area contributed by atoms with Crippen LogP contribution in [-0.4, -0.2) is 27.6 Å². The van der Waals surface area contributed by atoms with Gasteiger partial charge in [0.1, 0.15) is 5.82 Å². The number of carbonyl (C=O) groups is 1. The van der Waals surface area contributed by atoms with Gasteiger partial charge < -0.3 is 5.32 Å². The number of pyridine rings is 1. The summed E-state index contributed by atoms with van der Waals surface area (Å²) in [6.45, 7) is 3.93. The Bertz CT molecular complexity index is 705. The summed E-state index contributed by atoms with van der Waals surface area (Å²) < 4.78 is 0. The van der Waals surface area contributed by atoms with E-state index < -0.39 is 0 Å². The number of aliphatic imine (C=N–C) groups is 1. The molecule has 0 radical (unpaired) electrons. The van der Waals surface area contributed by atoms with Gasteiger partial charge in [-0.25, -0.2) is 9.97 Å². The van der Waals surface area contributed by atoms with Gasteiger partial charge in [-0.15, -0.1) is 23.1 Å². The molecule has 0 fully saturated rings. The van der Waals surface area contributed by atoms with Crippen molar-refractivity contribution in [3.8, 4) is 0 Å². The molecule has 7 heteroatoms. The fourth-order valence-corrected chi connectivity index (χ4v) is 2.52. The molecule has 5 nitrogen and oxygen atoms in total. The molecule has 0 saturated carbocycles. The van der Waals surface area contributed by atoms with Crippen LogP contribution in [0.25, 0.3) is 6.08 Å². The zero-order valence-electron chi connectivity index (χ0n) is 12.5. The highest BCUT2D eigenvalue weighted by Gasteiger charge is 2.02. The SMILES string of the molecule is CSC(C)=N/C(C)=C/c1csc(Nc2ccc(C=O)cn2)n1. The first kappa shape index (κ1) is 16.4. The molecule has 0 amide bonds. The number of anilines is 2. The molecular formula is C15H16N4OS2. The molecule has 1 N–H and O–H groups in total. The Labute approximate surface area is 137 Å². The van der Waals surface area contributed by atoms with Crippen molar-refractivity contribution in [2.75, 3.05) is 11.6 Å². The zero-order chi connectivity index (χ0) is 15.9. The fraction of sp³-hybridized carbons (Fsp3) is 0.200. The Morgan fingerprint density at radius 1 is 1.41 bits per heavy atom. The van der Waals surface area contributed by atoms with E-state index in [-0.39, 0.29) is 0 Å². The Morgan fingerprint density at radius 3 is 2.86 bits per heavy atom. The third kappa shape index (κ3) is 4.78. The summed E-state index contributed by atoms with van der Waals surface area (Å²) in [6, 6.07) is 3.46. The maximum Gasteiger partial charge on any atom is 0.188 e. The highest BCUT2D eigenvalue weighted by atomic mass is 32.2. The largest absolute Gasteiger partial charge is 0.316 e. The summed E-state index contributed by atoms with van der Waals surface area (Å²) in [6.07, 6.45) is 6.22. The number of nitrogens with one attached hydrogen (secondary N) is 1. The van der Waals surface area contributed by atoms with Crippen molar-refractivity contribution in [1.29, 1.82) is 0 Å². The van der Waals surface area contributed by atoms with Gasteiger partial charge in [0.15, 0.2) is 11.4 Å². The van der Waals surface area contributed by atoms with E-state index in [2.05, 4.69) is 20.3 Å². The molecule has 0 unspecified atom stereocenters. The van der Waals surface area contributed by atoms with Crippen molar-refractivity contribution in [1.82, 2.24) is 9.97 Å². The predicted molar refractivity (Wildman–Crippen MR) is 95.3 cm³/mol. The van der Waals surface area contributed by atoms with Gasteiger partial charge in [0, 0.05) is 22.8 Å². The second kappa shape index (κ2) is 7.86. The third-order valence-electron chi connectivity index (χ3n) is 2.67. The van der Waals surface area contributed by atoms with Crippen LogP contribution in [-0.2, 0) is 0 Å². The lowest BCUT2D eigenvalue weighted by Crippen LogP contribution is -1.93. The highest BCUT2D eigenvalue weighted by Crippen LogP contribution is 2.21. The van der Waals surface area contributed by atoms with E-state index in [9.17, 15) is 4.79 Å². The van der Waals surface area contributed by atoms with E-state index in [4.69, 9.17) is 0 Å². The average Bonchev–Trinajstić information content (AvgIpc) is 2.94. The second-order valence-corrected chi connectivity index (χ2v) is 6.27. The quantitative estimate of drug-likeness (QED) is 0.504. The summed E-state index contributed by atoms with van der Waals surface area (Å²) >= 11 is 3.11. The minimum absolute atomic E-state index is 0.547. The molecule has 2 rings (SSSR count). The van der Waals surface area contributed by atoms with Crippen LogP contribution in [0.15, 0.2) is 34.4 Å². The van der Waals surface area contributed by atoms with Crippen LogP contribution in [0, 0.1) is 0 Å². The fourth-order valence-electron chi connectivity index (χ4n) is 1.61. The van der Waals surface area contributed by atoms with Gasteiger partial charge >= 0.3 is 0 Å². The molecule has 0 aliphatic rings. The summed E-state index contributed by atoms with van der Waals surface area (Å²) in [4.78, 5) is 23.6. The van der Waals surface area contributed by atoms with Crippen LogP contribution in [0.4, 0.5) is 10.9 Å². The van der Waals surface area contributed by atoms with Crippen molar-refractivity contribution in [3.63, 3.8) is 0 Å². The van der Waals surface area contributed by atoms with Crippen LogP contribution in [0.3, 0.4) is 0 Å². The number of thiazole rings is 1. The standard InChI is InChI=1S/C15H16N4OS2/c1-10(17-11(2)21-3)6-13-9-22-15(18-13)19-14-5-4-12(8-20)7-16-14/h4-9H,1-3H3,(H,16,18,19)/b10-6+,17-11?. The van der Waals surface area contributed by atoms with Crippen molar-refractivity contribution < 1.29 is 4.79 Å². The molecule has 22 heavy (non-hydrogen) atoms. The van der Waals surface area contributed by atoms with Gasteiger partial charge in [-0.2, -0.15) is 0 Å². The number of thioether (sulfide) groups is 1. The van der Waals surface area contributed by atoms with Crippen molar-refractivity contribution in [3.05, 3.63) is 40.7 Å². The Morgan fingerprint density at radius 2 is 2.23 bits per heavy atom. The molecule has 2 aromatic rings. The van der Waals surface area contributed by atoms with Crippen LogP contribution in [0.2, 0.25) is 0 Å². The van der Waals surface area contributed by atoms with E-state index in [0.717, 1.165) is 27.9 Å². The lowest BCUT2D eigenvalue weighted by Gasteiger charge is -2.00. The third-order valence-corrected chi connectivity index (χ3v) is 4.12. The van der Waals surface area contributed by atoms with Gasteiger partial charge in [0.05, 0.1) is 10.7 Å². The maximum atomic E-state index is 10.6. The van der Waals surface area contributed by atoms with Crippen LogP contribution in [0.1, 0.15) is 29.9 Å². The van der Waals surface area contributed by atoms with Gasteiger partial charge in [0.2, 0.25) is 0 Å². The van der Waals surface area contributed by atoms with Crippen LogP contribution in [0.5, 0.6) is 0 Å². The van der Waals surface area contributed by atoms with Crippen LogP contribution >= 0.6 is 23.1 Å². The lowest BCUT2D eigenvalue weighted by molar-refractivity contribution is 0.112. The lowest BCUT2D eigenvalue weighted by atomic mass is 10.3. The van der Waals surface area contributed by atoms with E-state index in [0.29, 0.717) is 11.4 Å². The second-order valence-electron chi connectivity index (χ2n) is 4.42. The molecule has 0 aliphatic heterocycles. The number of hydrogen-bond acceptors (Lipinski definition) is 7. The molecule has 114 valence electrons. The first-order valence-electron chi connectivity index (χ1n) is 6.52. The van der Waals surface area contributed by atoms with Gasteiger partial charge in [0.25, 0.3) is 0 Å². The topological polar surface area (TPSA) is 67.2 Å². The predicted octanol–water partition coefficient (Wildman–Crippen LogP) is 4.24. The maximum absolute atomic E-state index is 10.6. The molecule has 2 aromatic heterocycles. The molecule has 0 saturated heterocycles. The summed E-state index contributed by atoms with van der Waals surface area (Å²) in [5.74, 6) is 0.656. The number of hydrogen-bond donors (Lipinski definition) is 1. The van der Waals surface area contributed by atoms with E-state index in [1.165, 1.54) is 17.5 Å². The molecule has 0 spiro atoms. The Kier molecular flexibility index (Phi) is 5.85. The molecular weight excluding hydrogens is 316 g/mol. The van der Waals surface area contributed by atoms with Crippen molar-refractivity contribution in [2.24, 2.45) is 4.99 Å². The highest BCUT2D eigenvalue weighted by molar-refractivity contribution is 8.13. The van der Waals surface area contributed by atoms with E-state index in [1.54, 1.807) is 23.9 Å². The minimum atomic E-state index is 0.547. The number of rotatable bonds is 5. The van der Waals surface area contributed by atoms with E-state index >= 15 is 0 Å². The minimum Gasteiger partial charge on any atom is -0.316 e. The molecule has 0 bridgehead atoms. The summed E-state index contributed by atoms with van der Waals surface area (Å²) in [5.41, 5.74) is 2.32. The molecule has 0 aromatic carbocycles. The molecule has 0 atom stereocenters. The van der Waals surface area contributed by atoms with Gasteiger partial charge in [-0.3, -0.25) is 9.79 Å². The zero-order valence-corrected chi connectivity index (χ0v) is 14.2. The first-order valence-corrected chi connectivity index (χ1v) is 8.62.